The third-order valence-electron chi connectivity index (χ3n) is 2.80. The number of amides is 1. The van der Waals surface area contributed by atoms with Gasteiger partial charge >= 0.3 is 0 Å². The Morgan fingerprint density at radius 2 is 2.28 bits per heavy atom. The molecule has 1 aromatic rings. The quantitative estimate of drug-likeness (QED) is 0.715. The molecule has 0 aromatic carbocycles. The number of aromatic nitrogens is 2. The van der Waals surface area contributed by atoms with Crippen molar-refractivity contribution < 1.29 is 4.79 Å². The Morgan fingerprint density at radius 3 is 2.83 bits per heavy atom. The van der Waals surface area contributed by atoms with Crippen LogP contribution in [0.2, 0.25) is 0 Å². The first-order chi connectivity index (χ1) is 8.49. The number of nitrogens with zero attached hydrogens (tertiary/aromatic N) is 2. The molecule has 5 nitrogen and oxygen atoms in total. The van der Waals surface area contributed by atoms with Crippen LogP contribution in [0.1, 0.15) is 37.6 Å². The third kappa shape index (κ3) is 5.31. The molecule has 1 amide bonds. The van der Waals surface area contributed by atoms with E-state index in [1.807, 2.05) is 25.5 Å². The highest BCUT2D eigenvalue weighted by Gasteiger charge is 2.03. The minimum absolute atomic E-state index is 0.0840. The lowest BCUT2D eigenvalue weighted by atomic mass is 10.2. The lowest BCUT2D eigenvalue weighted by Crippen LogP contribution is -2.27. The normalized spacial score (nSPS) is 12.4. The fraction of sp³-hybridized carbons (Fsp3) is 0.692. The van der Waals surface area contributed by atoms with Gasteiger partial charge in [0.05, 0.1) is 5.69 Å². The van der Waals surface area contributed by atoms with Gasteiger partial charge in [-0.05, 0) is 39.7 Å². The molecule has 0 radical (unpaired) electrons. The minimum atomic E-state index is 0.0840. The highest BCUT2D eigenvalue weighted by atomic mass is 16.1. The zero-order valence-corrected chi connectivity index (χ0v) is 11.6. The largest absolute Gasteiger partial charge is 0.356 e. The van der Waals surface area contributed by atoms with Gasteiger partial charge in [0.15, 0.2) is 0 Å². The van der Waals surface area contributed by atoms with E-state index in [4.69, 9.17) is 5.73 Å². The molecule has 0 bridgehead atoms. The SMILES string of the molecule is Cc1cc(C)n(CCCNC(=O)CCC(C)N)n1. The van der Waals surface area contributed by atoms with Gasteiger partial charge in [-0.1, -0.05) is 0 Å². The van der Waals surface area contributed by atoms with E-state index in [1.165, 1.54) is 0 Å². The number of carbonyl (C=O) groups excluding carboxylic acids is 1. The first kappa shape index (κ1) is 14.7. The number of carbonyl (C=O) groups is 1. The van der Waals surface area contributed by atoms with Crippen LogP contribution in [0.25, 0.3) is 0 Å². The first-order valence-corrected chi connectivity index (χ1v) is 6.52. The second kappa shape index (κ2) is 7.16. The summed E-state index contributed by atoms with van der Waals surface area (Å²) in [6, 6.07) is 2.15. The van der Waals surface area contributed by atoms with Crippen molar-refractivity contribution >= 4 is 5.91 Å². The van der Waals surface area contributed by atoms with Gasteiger partial charge in [0.2, 0.25) is 5.91 Å². The standard InChI is InChI=1S/C13H24N4O/c1-10(14)5-6-13(18)15-7-4-8-17-12(3)9-11(2)16-17/h9-10H,4-8,14H2,1-3H3,(H,15,18). The molecule has 1 aromatic heterocycles. The molecule has 102 valence electrons. The molecule has 0 fully saturated rings. The van der Waals surface area contributed by atoms with Crippen LogP contribution < -0.4 is 11.1 Å². The van der Waals surface area contributed by atoms with Crippen molar-refractivity contribution in [1.82, 2.24) is 15.1 Å². The molecule has 1 rings (SSSR count). The second-order valence-corrected chi connectivity index (χ2v) is 4.87. The van der Waals surface area contributed by atoms with Gasteiger partial charge in [0.25, 0.3) is 0 Å². The Labute approximate surface area is 109 Å². The summed E-state index contributed by atoms with van der Waals surface area (Å²) in [5.74, 6) is 0.0840. The first-order valence-electron chi connectivity index (χ1n) is 6.52. The van der Waals surface area contributed by atoms with Crippen molar-refractivity contribution in [3.8, 4) is 0 Å². The van der Waals surface area contributed by atoms with E-state index >= 15 is 0 Å². The smallest absolute Gasteiger partial charge is 0.220 e. The molecule has 0 aliphatic rings. The van der Waals surface area contributed by atoms with Gasteiger partial charge in [-0.15, -0.1) is 0 Å². The maximum absolute atomic E-state index is 11.4. The fourth-order valence-corrected chi connectivity index (χ4v) is 1.81. The Bertz CT molecular complexity index is 384. The Morgan fingerprint density at radius 1 is 1.56 bits per heavy atom. The van der Waals surface area contributed by atoms with E-state index in [0.29, 0.717) is 13.0 Å². The number of hydrogen-bond donors (Lipinski definition) is 2. The van der Waals surface area contributed by atoms with E-state index < -0.39 is 0 Å². The summed E-state index contributed by atoms with van der Waals surface area (Å²) in [6.07, 6.45) is 2.15. The van der Waals surface area contributed by atoms with E-state index in [-0.39, 0.29) is 11.9 Å². The zero-order valence-electron chi connectivity index (χ0n) is 11.6. The Hall–Kier alpha value is -1.36. The summed E-state index contributed by atoms with van der Waals surface area (Å²) < 4.78 is 1.98. The number of nitrogens with one attached hydrogen (secondary N) is 1. The highest BCUT2D eigenvalue weighted by molar-refractivity contribution is 5.75. The summed E-state index contributed by atoms with van der Waals surface area (Å²) in [6.45, 7) is 7.47. The number of hydrogen-bond acceptors (Lipinski definition) is 3. The van der Waals surface area contributed by atoms with Crippen molar-refractivity contribution in [3.05, 3.63) is 17.5 Å². The van der Waals surface area contributed by atoms with Crippen molar-refractivity contribution in [2.24, 2.45) is 5.73 Å². The minimum Gasteiger partial charge on any atom is -0.356 e. The van der Waals surface area contributed by atoms with Crippen LogP contribution in [0.4, 0.5) is 0 Å². The summed E-state index contributed by atoms with van der Waals surface area (Å²) >= 11 is 0. The van der Waals surface area contributed by atoms with Crippen LogP contribution in [0.3, 0.4) is 0 Å². The maximum Gasteiger partial charge on any atom is 0.220 e. The molecule has 0 aliphatic heterocycles. The van der Waals surface area contributed by atoms with Crippen LogP contribution in [-0.2, 0) is 11.3 Å². The van der Waals surface area contributed by atoms with E-state index in [0.717, 1.165) is 30.8 Å². The van der Waals surface area contributed by atoms with E-state index in [1.54, 1.807) is 0 Å². The van der Waals surface area contributed by atoms with Gasteiger partial charge in [0.1, 0.15) is 0 Å². The van der Waals surface area contributed by atoms with Crippen LogP contribution in [0.5, 0.6) is 0 Å². The van der Waals surface area contributed by atoms with Crippen LogP contribution >= 0.6 is 0 Å². The number of aryl methyl sites for hydroxylation is 3. The Kier molecular flexibility index (Phi) is 5.85. The van der Waals surface area contributed by atoms with Crippen molar-refractivity contribution in [3.63, 3.8) is 0 Å². The molecule has 1 atom stereocenters. The Balaban J connectivity index is 2.15. The van der Waals surface area contributed by atoms with Gasteiger partial charge in [0, 0.05) is 31.2 Å². The average molecular weight is 252 g/mol. The molecular weight excluding hydrogens is 228 g/mol. The molecule has 0 aliphatic carbocycles. The number of nitrogens with two attached hydrogens (primary N) is 1. The topological polar surface area (TPSA) is 72.9 Å². The lowest BCUT2D eigenvalue weighted by Gasteiger charge is -2.07. The average Bonchev–Trinajstić information content (AvgIpc) is 2.60. The molecule has 0 spiro atoms. The zero-order chi connectivity index (χ0) is 13.5. The maximum atomic E-state index is 11.4. The predicted octanol–water partition coefficient (Wildman–Crippen LogP) is 1.13. The van der Waals surface area contributed by atoms with Gasteiger partial charge < -0.3 is 11.1 Å². The molecule has 1 unspecified atom stereocenters. The third-order valence-corrected chi connectivity index (χ3v) is 2.80. The van der Waals surface area contributed by atoms with Crippen molar-refractivity contribution in [2.75, 3.05) is 6.54 Å². The number of rotatable bonds is 7. The van der Waals surface area contributed by atoms with Crippen LogP contribution in [0.15, 0.2) is 6.07 Å². The summed E-state index contributed by atoms with van der Waals surface area (Å²) in [4.78, 5) is 11.4. The lowest BCUT2D eigenvalue weighted by molar-refractivity contribution is -0.121. The molecule has 0 saturated heterocycles. The molecule has 0 saturated carbocycles. The molecular formula is C13H24N4O. The summed E-state index contributed by atoms with van der Waals surface area (Å²) in [5, 5.41) is 7.27. The van der Waals surface area contributed by atoms with Crippen LogP contribution in [0, 0.1) is 13.8 Å². The van der Waals surface area contributed by atoms with Crippen molar-refractivity contribution in [2.45, 2.75) is 52.6 Å². The summed E-state index contributed by atoms with van der Waals surface area (Å²) in [5.41, 5.74) is 7.80. The predicted molar refractivity (Wildman–Crippen MR) is 72.2 cm³/mol. The molecule has 18 heavy (non-hydrogen) atoms. The second-order valence-electron chi connectivity index (χ2n) is 4.87. The summed E-state index contributed by atoms with van der Waals surface area (Å²) in [7, 11) is 0. The van der Waals surface area contributed by atoms with E-state index in [9.17, 15) is 4.79 Å². The van der Waals surface area contributed by atoms with Gasteiger partial charge in [-0.2, -0.15) is 5.10 Å². The van der Waals surface area contributed by atoms with Crippen LogP contribution in [-0.4, -0.2) is 28.3 Å². The highest BCUT2D eigenvalue weighted by Crippen LogP contribution is 2.02. The van der Waals surface area contributed by atoms with Crippen molar-refractivity contribution in [1.29, 1.82) is 0 Å². The van der Waals surface area contributed by atoms with Gasteiger partial charge in [-0.3, -0.25) is 9.48 Å². The van der Waals surface area contributed by atoms with E-state index in [2.05, 4.69) is 16.5 Å². The molecule has 3 N–H and O–H groups in total. The monoisotopic (exact) mass is 252 g/mol. The molecule has 5 heteroatoms. The fourth-order valence-electron chi connectivity index (χ4n) is 1.81. The van der Waals surface area contributed by atoms with Gasteiger partial charge in [-0.25, -0.2) is 0 Å². The molecule has 1 heterocycles.